The number of hydrogen-bond acceptors (Lipinski definition) is 24. The van der Waals surface area contributed by atoms with Gasteiger partial charge in [0.25, 0.3) is 0 Å². The molecule has 7 N–H and O–H groups in total. The summed E-state index contributed by atoms with van der Waals surface area (Å²) in [6, 6.07) is 3.06. The number of carbonyl (C=O) groups excluding carboxylic acids is 3. The van der Waals surface area contributed by atoms with Gasteiger partial charge in [-0.2, -0.15) is 0 Å². The predicted octanol–water partition coefficient (Wildman–Crippen LogP) is 2.96. The summed E-state index contributed by atoms with van der Waals surface area (Å²) in [7, 11) is 2.64. The van der Waals surface area contributed by atoms with Crippen LogP contribution in [0.1, 0.15) is 116 Å². The highest BCUT2D eigenvalue weighted by Crippen LogP contribution is 2.48. The molecular formula is C56H80O25. The number of phenolic OH excluding ortho intramolecular Hbond substituents is 2. The third-order valence-electron chi connectivity index (χ3n) is 16.3. The number of aliphatic hydroxyl groups is 4. The lowest BCUT2D eigenvalue weighted by molar-refractivity contribution is -0.334. The minimum absolute atomic E-state index is 0.00877. The van der Waals surface area contributed by atoms with Gasteiger partial charge in [-0.25, -0.2) is 4.79 Å². The topological polar surface area (TPSA) is 339 Å². The third-order valence-corrected chi connectivity index (χ3v) is 16.3. The van der Waals surface area contributed by atoms with Crippen molar-refractivity contribution in [2.24, 2.45) is 11.8 Å². The van der Waals surface area contributed by atoms with Gasteiger partial charge in [-0.3, -0.25) is 14.4 Å². The Bertz CT molecular complexity index is 2560. The number of fused-ring (bicyclic) bond motifs is 2. The van der Waals surface area contributed by atoms with E-state index in [0.717, 1.165) is 0 Å². The monoisotopic (exact) mass is 1150 g/mol. The zero-order valence-corrected chi connectivity index (χ0v) is 47.7. The molecule has 23 atom stereocenters. The minimum Gasteiger partial charge on any atom is -0.507 e. The number of ether oxygens (including phenoxy) is 14. The molecule has 0 unspecified atom stereocenters. The van der Waals surface area contributed by atoms with E-state index in [2.05, 4.69) is 0 Å². The first-order valence-corrected chi connectivity index (χ1v) is 27.6. The van der Waals surface area contributed by atoms with Crippen LogP contribution in [0.25, 0.3) is 10.8 Å². The summed E-state index contributed by atoms with van der Waals surface area (Å²) in [5, 5.41) is 79.2. The second kappa shape index (κ2) is 25.4. The normalized spacial score (nSPS) is 39.7. The average Bonchev–Trinajstić information content (AvgIpc) is 3.57. The molecule has 2 aromatic rings. The van der Waals surface area contributed by atoms with Crippen molar-refractivity contribution < 1.29 is 121 Å². The second-order valence-corrected chi connectivity index (χ2v) is 22.8. The Kier molecular flexibility index (Phi) is 19.7. The molecule has 5 fully saturated rings. The first-order chi connectivity index (χ1) is 38.1. The molecule has 0 radical (unpaired) electrons. The van der Waals surface area contributed by atoms with Crippen molar-refractivity contribution in [3.63, 3.8) is 0 Å². The number of ketones is 1. The summed E-state index contributed by atoms with van der Waals surface area (Å²) in [6.45, 7) is 15.8. The molecule has 5 aliphatic heterocycles. The van der Waals surface area contributed by atoms with Gasteiger partial charge >= 0.3 is 17.9 Å². The van der Waals surface area contributed by atoms with E-state index in [1.54, 1.807) is 48.5 Å². The van der Waals surface area contributed by atoms with Crippen LogP contribution in [0.4, 0.5) is 0 Å². The van der Waals surface area contributed by atoms with Crippen molar-refractivity contribution in [2.75, 3.05) is 14.2 Å². The first kappa shape index (κ1) is 62.6. The van der Waals surface area contributed by atoms with E-state index < -0.39 is 182 Å². The average molecular weight is 1150 g/mol. The van der Waals surface area contributed by atoms with Crippen molar-refractivity contribution in [3.05, 3.63) is 28.8 Å². The van der Waals surface area contributed by atoms with Gasteiger partial charge in [-0.1, -0.05) is 13.8 Å². The fraction of sp³-hybridized carbons (Fsp3) is 0.750. The highest BCUT2D eigenvalue weighted by molar-refractivity contribution is 6.11. The van der Waals surface area contributed by atoms with E-state index >= 15 is 0 Å². The van der Waals surface area contributed by atoms with Crippen LogP contribution in [-0.2, 0) is 82.4 Å². The second-order valence-electron chi connectivity index (χ2n) is 22.8. The Morgan fingerprint density at radius 3 is 1.81 bits per heavy atom. The molecule has 0 saturated carbocycles. The quantitative estimate of drug-likeness (QED) is 0.112. The lowest BCUT2D eigenvalue weighted by Gasteiger charge is -2.46. The number of aliphatic hydroxyl groups excluding tert-OH is 3. The summed E-state index contributed by atoms with van der Waals surface area (Å²) < 4.78 is 84.1. The van der Waals surface area contributed by atoms with Crippen LogP contribution in [0.15, 0.2) is 12.1 Å². The number of aliphatic carboxylic acids is 1. The van der Waals surface area contributed by atoms with E-state index in [-0.39, 0.29) is 71.7 Å². The van der Waals surface area contributed by atoms with E-state index in [1.165, 1.54) is 47.1 Å². The maximum Gasteiger partial charge on any atom is 0.333 e. The number of carboxylic acid groups (broad SMARTS) is 1. The Hall–Kier alpha value is -4.42. The zero-order chi connectivity index (χ0) is 59.3. The maximum absolute atomic E-state index is 14.9. The first-order valence-electron chi connectivity index (χ1n) is 27.6. The van der Waals surface area contributed by atoms with Crippen molar-refractivity contribution in [1.82, 2.24) is 0 Å². The molecule has 1 aliphatic carbocycles. The van der Waals surface area contributed by atoms with Gasteiger partial charge in [0.05, 0.1) is 65.7 Å². The van der Waals surface area contributed by atoms with Crippen molar-refractivity contribution in [1.29, 1.82) is 0 Å². The molecule has 25 nitrogen and oxygen atoms in total. The number of hydrogen-bond donors (Lipinski definition) is 7. The molecule has 0 bridgehead atoms. The van der Waals surface area contributed by atoms with Crippen LogP contribution in [0.3, 0.4) is 0 Å². The van der Waals surface area contributed by atoms with Crippen LogP contribution in [0, 0.1) is 18.8 Å². The molecular weight excluding hydrogens is 1070 g/mol. The lowest BCUT2D eigenvalue weighted by atomic mass is 9.76. The number of rotatable bonds is 17. The van der Waals surface area contributed by atoms with Crippen LogP contribution in [0.2, 0.25) is 0 Å². The molecule has 2 aromatic carbocycles. The summed E-state index contributed by atoms with van der Waals surface area (Å²) >= 11 is 0. The smallest absolute Gasteiger partial charge is 0.333 e. The number of methoxy groups -OCH3 is 2. The molecule has 5 heterocycles. The predicted molar refractivity (Wildman–Crippen MR) is 277 cm³/mol. The van der Waals surface area contributed by atoms with Crippen LogP contribution >= 0.6 is 0 Å². The fourth-order valence-electron chi connectivity index (χ4n) is 12.1. The van der Waals surface area contributed by atoms with Gasteiger partial charge in [-0.15, -0.1) is 0 Å². The van der Waals surface area contributed by atoms with Crippen molar-refractivity contribution in [3.8, 4) is 17.2 Å². The van der Waals surface area contributed by atoms with Gasteiger partial charge in [0.2, 0.25) is 6.29 Å². The highest BCUT2D eigenvalue weighted by Gasteiger charge is 2.52. The molecule has 5 saturated heterocycles. The van der Waals surface area contributed by atoms with Crippen molar-refractivity contribution >= 4 is 34.5 Å². The van der Waals surface area contributed by atoms with Gasteiger partial charge in [0, 0.05) is 64.7 Å². The number of benzene rings is 2. The van der Waals surface area contributed by atoms with Gasteiger partial charge in [-0.05, 0) is 78.0 Å². The molecule has 8 rings (SSSR count). The van der Waals surface area contributed by atoms with Crippen LogP contribution < -0.4 is 4.74 Å². The number of phenols is 2. The van der Waals surface area contributed by atoms with Gasteiger partial charge in [0.15, 0.2) is 49.3 Å². The number of carboxylic acids is 1. The Labute approximate surface area is 469 Å². The Morgan fingerprint density at radius 1 is 0.704 bits per heavy atom. The molecule has 81 heavy (non-hydrogen) atoms. The van der Waals surface area contributed by atoms with Crippen LogP contribution in [-0.4, -0.2) is 208 Å². The van der Waals surface area contributed by atoms with E-state index in [9.17, 15) is 54.9 Å². The molecule has 454 valence electrons. The van der Waals surface area contributed by atoms with E-state index in [1.807, 2.05) is 0 Å². The number of carbonyl (C=O) groups is 4. The summed E-state index contributed by atoms with van der Waals surface area (Å²) in [5.74, 6) is -5.96. The maximum atomic E-state index is 14.9. The SMILES string of the molecule is CO[C@@H]1[C@H](O)C[C@@H](O[C@@H]2C[C@H](Oc3cc4cc5c(c(O)c4c(O)c3C)C(=O)[C@@H](O[C@H]3C[C@@H](O[C@H]4C[C@@H](O[C@H]6C[C@](C)(O)[C@@H](OC(=O)C(C)C)[C@H](C)O6)[C@H](O)[C@@H](C)O4)[C@H](O)[C@@H](C)O3)[C@H]([C@H](OC)C(=O)O)C5)O[C@H](C)[C@@H]2OC(C)=O)O[C@@H]1C. The number of esters is 2. The third kappa shape index (κ3) is 13.4. The zero-order valence-electron chi connectivity index (χ0n) is 47.7. The number of aromatic hydroxyl groups is 2. The number of Topliss-reactive ketones (excluding diaryl/α,β-unsaturated/α-hetero) is 1. The molecule has 6 aliphatic rings. The van der Waals surface area contributed by atoms with Crippen molar-refractivity contribution in [2.45, 2.75) is 242 Å². The lowest BCUT2D eigenvalue weighted by Crippen LogP contribution is -2.59. The largest absolute Gasteiger partial charge is 0.507 e. The van der Waals surface area contributed by atoms with E-state index in [0.29, 0.717) is 0 Å². The van der Waals surface area contributed by atoms with Gasteiger partial charge < -0.3 is 102 Å². The standard InChI is InChI=1S/C56H80O25/c1-21(2)55(66)81-53-27(8)74-41(20-56(53,10)67)78-35-17-38(70-23(4)46(35)61)77-34-18-40(71-24(5)45(34)60)80-51-31(52(69-12)54(64)65)14-29-13-30-15-33(22(3)44(59)42(30)47(62)43(29)48(51)63)76-39-19-36(50(26(7)73-39)75-28(9)57)79-37-16-32(58)49(68-11)25(6)72-37/h13,15,21,23-27,31-32,34-41,45-46,49-53,58-62,67H,14,16-20H2,1-12H3,(H,64,65)/t23-,24-,25-,26-,27+,31-,32-,34-,35-,36-,37-,38+,39+,40+,41+,45-,46-,49+,50+,51+,52+,53+,56+/m1/s1. The highest BCUT2D eigenvalue weighted by atomic mass is 16.7. The molecule has 0 aromatic heterocycles. The van der Waals surface area contributed by atoms with Gasteiger partial charge in [0.1, 0.15) is 53.4 Å². The molecule has 25 heteroatoms. The Morgan fingerprint density at radius 2 is 1.25 bits per heavy atom. The fourth-order valence-corrected chi connectivity index (χ4v) is 12.1. The Balaban J connectivity index is 0.994. The summed E-state index contributed by atoms with van der Waals surface area (Å²) in [5.41, 5.74) is -1.44. The van der Waals surface area contributed by atoms with Crippen LogP contribution in [0.5, 0.6) is 17.2 Å². The molecule has 0 amide bonds. The summed E-state index contributed by atoms with van der Waals surface area (Å²) in [6.07, 6.45) is -21.9. The molecule has 0 spiro atoms. The van der Waals surface area contributed by atoms with E-state index in [4.69, 9.17) is 66.3 Å². The minimum atomic E-state index is -1.63. The summed E-state index contributed by atoms with van der Waals surface area (Å²) in [4.78, 5) is 52.4.